The summed E-state index contributed by atoms with van der Waals surface area (Å²) in [6.45, 7) is 1.72. The van der Waals surface area contributed by atoms with Crippen LogP contribution in [0.5, 0.6) is 0 Å². The van der Waals surface area contributed by atoms with E-state index < -0.39 is 0 Å². The predicted octanol–water partition coefficient (Wildman–Crippen LogP) is 2.53. The summed E-state index contributed by atoms with van der Waals surface area (Å²) >= 11 is 1.76. The number of rotatable bonds is 4. The number of ether oxygens (including phenoxy) is 1. The first-order valence-corrected chi connectivity index (χ1v) is 8.30. The summed E-state index contributed by atoms with van der Waals surface area (Å²) in [6, 6.07) is 8.99. The highest BCUT2D eigenvalue weighted by Crippen LogP contribution is 2.24. The Morgan fingerprint density at radius 2 is 2.04 bits per heavy atom. The molecule has 0 bridgehead atoms. The number of benzene rings is 1. The second-order valence-electron chi connectivity index (χ2n) is 5.36. The number of fused-ring (bicyclic) bond motifs is 1. The molecule has 0 atom stereocenters. The Bertz CT molecular complexity index is 709. The lowest BCUT2D eigenvalue weighted by Gasteiger charge is -2.27. The van der Waals surface area contributed by atoms with Crippen LogP contribution in [0.4, 0.5) is 5.69 Å². The summed E-state index contributed by atoms with van der Waals surface area (Å²) in [5.74, 6) is -0.286. The fourth-order valence-electron chi connectivity index (χ4n) is 2.59. The average molecular weight is 330 g/mol. The molecule has 0 saturated heterocycles. The van der Waals surface area contributed by atoms with Crippen LogP contribution in [0.1, 0.15) is 20.8 Å². The topological polar surface area (TPSA) is 58.6 Å². The van der Waals surface area contributed by atoms with Gasteiger partial charge < -0.3 is 15.0 Å². The van der Waals surface area contributed by atoms with Crippen molar-refractivity contribution < 1.29 is 14.3 Å². The van der Waals surface area contributed by atoms with E-state index in [9.17, 15) is 9.59 Å². The first-order chi connectivity index (χ1) is 11.2. The predicted molar refractivity (Wildman–Crippen MR) is 89.7 cm³/mol. The van der Waals surface area contributed by atoms with Gasteiger partial charge in [0.05, 0.1) is 19.2 Å². The van der Waals surface area contributed by atoms with Gasteiger partial charge in [0.25, 0.3) is 0 Å². The van der Waals surface area contributed by atoms with Crippen LogP contribution >= 0.6 is 11.3 Å². The van der Waals surface area contributed by atoms with Crippen molar-refractivity contribution in [3.05, 3.63) is 51.7 Å². The molecule has 5 nitrogen and oxygen atoms in total. The molecule has 0 unspecified atom stereocenters. The summed E-state index contributed by atoms with van der Waals surface area (Å²) in [7, 11) is 1.35. The number of carbonyl (C=O) groups excluding carboxylic acids is 2. The van der Waals surface area contributed by atoms with Crippen LogP contribution in [-0.2, 0) is 22.5 Å². The smallest absolute Gasteiger partial charge is 0.337 e. The summed E-state index contributed by atoms with van der Waals surface area (Å²) in [6.07, 6.45) is 0.937. The van der Waals surface area contributed by atoms with Crippen molar-refractivity contribution in [2.45, 2.75) is 13.0 Å². The maximum atomic E-state index is 12.3. The molecule has 1 amide bonds. The zero-order valence-corrected chi connectivity index (χ0v) is 13.7. The SMILES string of the molecule is COC(=O)c1ccc(NCC(=O)N2CCc3sccc3C2)cc1. The van der Waals surface area contributed by atoms with Gasteiger partial charge in [0.2, 0.25) is 5.91 Å². The van der Waals surface area contributed by atoms with Crippen molar-refractivity contribution in [2.24, 2.45) is 0 Å². The van der Waals surface area contributed by atoms with Crippen LogP contribution in [0.2, 0.25) is 0 Å². The molecule has 3 rings (SSSR count). The number of nitrogens with zero attached hydrogens (tertiary/aromatic N) is 1. The molecular formula is C17H18N2O3S. The number of methoxy groups -OCH3 is 1. The number of esters is 1. The van der Waals surface area contributed by atoms with E-state index in [0.29, 0.717) is 12.1 Å². The molecule has 0 saturated carbocycles. The zero-order chi connectivity index (χ0) is 16.2. The molecular weight excluding hydrogens is 312 g/mol. The van der Waals surface area contributed by atoms with Gasteiger partial charge in [-0.05, 0) is 47.7 Å². The summed E-state index contributed by atoms with van der Waals surface area (Å²) in [5, 5.41) is 5.19. The number of amides is 1. The normalized spacial score (nSPS) is 13.3. The number of carbonyl (C=O) groups is 2. The summed E-state index contributed by atoms with van der Waals surface area (Å²) in [4.78, 5) is 27.0. The quantitative estimate of drug-likeness (QED) is 0.875. The average Bonchev–Trinajstić information content (AvgIpc) is 3.07. The Kier molecular flexibility index (Phi) is 4.62. The van der Waals surface area contributed by atoms with Crippen LogP contribution in [0.3, 0.4) is 0 Å². The number of hydrogen-bond acceptors (Lipinski definition) is 5. The lowest BCUT2D eigenvalue weighted by Crippen LogP contribution is -2.38. The van der Waals surface area contributed by atoms with Gasteiger partial charge in [-0.2, -0.15) is 0 Å². The molecule has 2 aromatic rings. The van der Waals surface area contributed by atoms with Crippen molar-refractivity contribution in [3.8, 4) is 0 Å². The molecule has 1 aromatic carbocycles. The van der Waals surface area contributed by atoms with Gasteiger partial charge in [-0.15, -0.1) is 11.3 Å². The van der Waals surface area contributed by atoms with E-state index in [4.69, 9.17) is 0 Å². The van der Waals surface area contributed by atoms with Crippen LogP contribution in [0.15, 0.2) is 35.7 Å². The van der Waals surface area contributed by atoms with Gasteiger partial charge in [0, 0.05) is 23.7 Å². The van der Waals surface area contributed by atoms with E-state index in [1.165, 1.54) is 17.6 Å². The summed E-state index contributed by atoms with van der Waals surface area (Å²) < 4.78 is 4.66. The molecule has 1 aromatic heterocycles. The maximum Gasteiger partial charge on any atom is 0.337 e. The molecule has 2 heterocycles. The van der Waals surface area contributed by atoms with Crippen molar-refractivity contribution in [2.75, 3.05) is 25.5 Å². The molecule has 1 N–H and O–H groups in total. The minimum absolute atomic E-state index is 0.0823. The fraction of sp³-hybridized carbons (Fsp3) is 0.294. The van der Waals surface area contributed by atoms with Gasteiger partial charge in [-0.1, -0.05) is 0 Å². The Hall–Kier alpha value is -2.34. The monoisotopic (exact) mass is 330 g/mol. The van der Waals surface area contributed by atoms with Gasteiger partial charge in [-0.3, -0.25) is 4.79 Å². The fourth-order valence-corrected chi connectivity index (χ4v) is 3.48. The van der Waals surface area contributed by atoms with Gasteiger partial charge >= 0.3 is 5.97 Å². The highest BCUT2D eigenvalue weighted by Gasteiger charge is 2.21. The van der Waals surface area contributed by atoms with Crippen molar-refractivity contribution in [1.82, 2.24) is 4.90 Å². The highest BCUT2D eigenvalue weighted by atomic mass is 32.1. The zero-order valence-electron chi connectivity index (χ0n) is 12.9. The van der Waals surface area contributed by atoms with E-state index in [1.807, 2.05) is 4.90 Å². The third-order valence-corrected chi connectivity index (χ3v) is 4.93. The van der Waals surface area contributed by atoms with Crippen LogP contribution < -0.4 is 5.32 Å². The molecule has 6 heteroatoms. The molecule has 0 aliphatic carbocycles. The molecule has 0 spiro atoms. The van der Waals surface area contributed by atoms with Crippen LogP contribution in [-0.4, -0.2) is 37.0 Å². The minimum Gasteiger partial charge on any atom is -0.465 e. The standard InChI is InChI=1S/C17H18N2O3S/c1-22-17(21)12-2-4-14(5-3-12)18-10-16(20)19-8-6-15-13(11-19)7-9-23-15/h2-5,7,9,18H,6,8,10-11H2,1H3. The number of nitrogens with one attached hydrogen (secondary N) is 1. The van der Waals surface area contributed by atoms with Gasteiger partial charge in [0.15, 0.2) is 0 Å². The van der Waals surface area contributed by atoms with Crippen molar-refractivity contribution in [3.63, 3.8) is 0 Å². The molecule has 120 valence electrons. The first-order valence-electron chi connectivity index (χ1n) is 7.42. The van der Waals surface area contributed by atoms with E-state index in [2.05, 4.69) is 21.5 Å². The van der Waals surface area contributed by atoms with E-state index in [-0.39, 0.29) is 18.4 Å². The Morgan fingerprint density at radius 3 is 2.78 bits per heavy atom. The van der Waals surface area contributed by atoms with E-state index >= 15 is 0 Å². The first kappa shape index (κ1) is 15.6. The van der Waals surface area contributed by atoms with Crippen LogP contribution in [0.25, 0.3) is 0 Å². The maximum absolute atomic E-state index is 12.3. The lowest BCUT2D eigenvalue weighted by atomic mass is 10.1. The Labute approximate surface area is 138 Å². The molecule has 1 aliphatic heterocycles. The summed E-state index contributed by atoms with van der Waals surface area (Å²) in [5.41, 5.74) is 2.56. The largest absolute Gasteiger partial charge is 0.465 e. The number of thiophene rings is 1. The molecule has 0 fully saturated rings. The number of hydrogen-bond donors (Lipinski definition) is 1. The second kappa shape index (κ2) is 6.83. The van der Waals surface area contributed by atoms with Gasteiger partial charge in [-0.25, -0.2) is 4.79 Å². The molecule has 1 aliphatic rings. The number of anilines is 1. The van der Waals surface area contributed by atoms with Gasteiger partial charge in [0.1, 0.15) is 0 Å². The minimum atomic E-state index is -0.368. The van der Waals surface area contributed by atoms with E-state index in [0.717, 1.165) is 18.7 Å². The van der Waals surface area contributed by atoms with Crippen LogP contribution in [0, 0.1) is 0 Å². The molecule has 23 heavy (non-hydrogen) atoms. The third kappa shape index (κ3) is 3.53. The van der Waals surface area contributed by atoms with Crippen molar-refractivity contribution >= 4 is 28.9 Å². The molecule has 0 radical (unpaired) electrons. The Balaban J connectivity index is 1.54. The lowest BCUT2D eigenvalue weighted by molar-refractivity contribution is -0.130. The second-order valence-corrected chi connectivity index (χ2v) is 6.36. The van der Waals surface area contributed by atoms with E-state index in [1.54, 1.807) is 35.6 Å². The third-order valence-electron chi connectivity index (χ3n) is 3.91. The Morgan fingerprint density at radius 1 is 1.26 bits per heavy atom. The highest BCUT2D eigenvalue weighted by molar-refractivity contribution is 7.10. The van der Waals surface area contributed by atoms with Crippen molar-refractivity contribution in [1.29, 1.82) is 0 Å².